The van der Waals surface area contributed by atoms with Crippen molar-refractivity contribution in [3.63, 3.8) is 0 Å². The SMILES string of the molecule is C=CCNC(=NCC(=O)N(C)C)NCC1(C)CCCO1.I. The first-order valence-electron chi connectivity index (χ1n) is 6.94. The topological polar surface area (TPSA) is 66.0 Å². The Morgan fingerprint density at radius 3 is 2.71 bits per heavy atom. The molecule has 7 heteroatoms. The molecule has 0 radical (unpaired) electrons. The van der Waals surface area contributed by atoms with Gasteiger partial charge in [0.15, 0.2) is 5.96 Å². The summed E-state index contributed by atoms with van der Waals surface area (Å²) in [5.41, 5.74) is -0.151. The highest BCUT2D eigenvalue weighted by Crippen LogP contribution is 2.23. The minimum Gasteiger partial charge on any atom is -0.373 e. The van der Waals surface area contributed by atoms with Crippen LogP contribution in [-0.4, -0.2) is 62.7 Å². The van der Waals surface area contributed by atoms with Crippen molar-refractivity contribution < 1.29 is 9.53 Å². The van der Waals surface area contributed by atoms with Crippen molar-refractivity contribution in [1.82, 2.24) is 15.5 Å². The molecule has 1 fully saturated rings. The molecule has 1 aliphatic heterocycles. The fourth-order valence-electron chi connectivity index (χ4n) is 1.88. The maximum Gasteiger partial charge on any atom is 0.243 e. The van der Waals surface area contributed by atoms with E-state index in [-0.39, 0.29) is 42.0 Å². The largest absolute Gasteiger partial charge is 0.373 e. The van der Waals surface area contributed by atoms with E-state index < -0.39 is 0 Å². The first-order valence-corrected chi connectivity index (χ1v) is 6.94. The lowest BCUT2D eigenvalue weighted by Gasteiger charge is -2.24. The minimum atomic E-state index is -0.151. The Kier molecular flexibility index (Phi) is 9.60. The fourth-order valence-corrected chi connectivity index (χ4v) is 1.88. The molecule has 1 rings (SSSR count). The number of carbonyl (C=O) groups is 1. The zero-order valence-electron chi connectivity index (χ0n) is 13.1. The van der Waals surface area contributed by atoms with Gasteiger partial charge in [-0.05, 0) is 19.8 Å². The number of rotatable bonds is 6. The summed E-state index contributed by atoms with van der Waals surface area (Å²) in [7, 11) is 3.44. The molecule has 6 nitrogen and oxygen atoms in total. The molecule has 0 saturated carbocycles. The van der Waals surface area contributed by atoms with Crippen molar-refractivity contribution in [2.24, 2.45) is 4.99 Å². The van der Waals surface area contributed by atoms with Crippen molar-refractivity contribution in [3.8, 4) is 0 Å². The molecule has 1 atom stereocenters. The van der Waals surface area contributed by atoms with Crippen LogP contribution in [-0.2, 0) is 9.53 Å². The minimum absolute atomic E-state index is 0. The van der Waals surface area contributed by atoms with Crippen LogP contribution in [0.25, 0.3) is 0 Å². The lowest BCUT2D eigenvalue weighted by Crippen LogP contribution is -2.46. The van der Waals surface area contributed by atoms with Crippen LogP contribution in [0, 0.1) is 0 Å². The van der Waals surface area contributed by atoms with E-state index in [1.807, 2.05) is 0 Å². The second-order valence-electron chi connectivity index (χ2n) is 5.38. The third-order valence-electron chi connectivity index (χ3n) is 3.22. The van der Waals surface area contributed by atoms with Crippen molar-refractivity contribution in [1.29, 1.82) is 0 Å². The molecule has 1 aliphatic rings. The van der Waals surface area contributed by atoms with E-state index in [9.17, 15) is 4.79 Å². The molecule has 0 spiro atoms. The van der Waals surface area contributed by atoms with Crippen LogP contribution in [0.3, 0.4) is 0 Å². The number of hydrogen-bond acceptors (Lipinski definition) is 3. The standard InChI is InChI=1S/C14H26N4O2.HI/c1-5-8-15-13(16-10-12(19)18(3)4)17-11-14(2)7-6-9-20-14;/h5H,1,6-11H2,2-4H3,(H2,15,16,17);1H. The van der Waals surface area contributed by atoms with Gasteiger partial charge >= 0.3 is 0 Å². The number of ether oxygens (including phenoxy) is 1. The predicted molar refractivity (Wildman–Crippen MR) is 96.2 cm³/mol. The van der Waals surface area contributed by atoms with Gasteiger partial charge in [0, 0.05) is 33.8 Å². The summed E-state index contributed by atoms with van der Waals surface area (Å²) < 4.78 is 5.72. The average Bonchev–Trinajstić information content (AvgIpc) is 2.84. The molecule has 0 aliphatic carbocycles. The first kappa shape index (κ1) is 20.2. The normalized spacial score (nSPS) is 21.4. The van der Waals surface area contributed by atoms with E-state index in [0.29, 0.717) is 19.0 Å². The number of guanidine groups is 1. The molecular formula is C14H27IN4O2. The number of nitrogens with zero attached hydrogens (tertiary/aromatic N) is 2. The highest BCUT2D eigenvalue weighted by molar-refractivity contribution is 14.0. The molecule has 2 N–H and O–H groups in total. The van der Waals surface area contributed by atoms with Gasteiger partial charge in [0.1, 0.15) is 6.54 Å². The maximum absolute atomic E-state index is 11.6. The van der Waals surface area contributed by atoms with Gasteiger partial charge in [0.25, 0.3) is 0 Å². The van der Waals surface area contributed by atoms with Gasteiger partial charge < -0.3 is 20.3 Å². The van der Waals surface area contributed by atoms with E-state index in [0.717, 1.165) is 19.4 Å². The van der Waals surface area contributed by atoms with Crippen molar-refractivity contribution in [2.45, 2.75) is 25.4 Å². The van der Waals surface area contributed by atoms with Crippen LogP contribution in [0.1, 0.15) is 19.8 Å². The molecule has 1 saturated heterocycles. The Labute approximate surface area is 144 Å². The van der Waals surface area contributed by atoms with Crippen LogP contribution in [0.15, 0.2) is 17.6 Å². The Bertz CT molecular complexity index is 366. The number of likely N-dealkylation sites (N-methyl/N-ethyl adjacent to an activating group) is 1. The number of nitrogens with one attached hydrogen (secondary N) is 2. The van der Waals surface area contributed by atoms with Crippen LogP contribution in [0.5, 0.6) is 0 Å². The first-order chi connectivity index (χ1) is 9.47. The summed E-state index contributed by atoms with van der Waals surface area (Å²) in [6, 6.07) is 0. The van der Waals surface area contributed by atoms with Crippen LogP contribution in [0.4, 0.5) is 0 Å². The van der Waals surface area contributed by atoms with E-state index >= 15 is 0 Å². The molecule has 0 bridgehead atoms. The van der Waals surface area contributed by atoms with E-state index in [1.165, 1.54) is 4.90 Å². The number of hydrogen-bond donors (Lipinski definition) is 2. The molecule has 0 aromatic heterocycles. The number of aliphatic imine (C=N–C) groups is 1. The molecule has 0 aromatic carbocycles. The van der Waals surface area contributed by atoms with Crippen molar-refractivity contribution in [3.05, 3.63) is 12.7 Å². The van der Waals surface area contributed by atoms with Gasteiger partial charge in [0.05, 0.1) is 5.60 Å². The monoisotopic (exact) mass is 410 g/mol. The molecule has 1 amide bonds. The summed E-state index contributed by atoms with van der Waals surface area (Å²) in [4.78, 5) is 17.4. The van der Waals surface area contributed by atoms with E-state index in [4.69, 9.17) is 4.74 Å². The number of amides is 1. The third kappa shape index (κ3) is 7.66. The Balaban J connectivity index is 0.00000400. The Hall–Kier alpha value is -0.830. The van der Waals surface area contributed by atoms with Crippen LogP contribution < -0.4 is 10.6 Å². The van der Waals surface area contributed by atoms with E-state index in [2.05, 4.69) is 29.1 Å². The van der Waals surface area contributed by atoms with Gasteiger partial charge in [-0.3, -0.25) is 4.79 Å². The number of carbonyl (C=O) groups excluding carboxylic acids is 1. The number of halogens is 1. The second-order valence-corrected chi connectivity index (χ2v) is 5.38. The molecular weight excluding hydrogens is 383 g/mol. The third-order valence-corrected chi connectivity index (χ3v) is 3.22. The fraction of sp³-hybridized carbons (Fsp3) is 0.714. The van der Waals surface area contributed by atoms with E-state index in [1.54, 1.807) is 20.2 Å². The summed E-state index contributed by atoms with van der Waals surface area (Å²) in [5, 5.41) is 6.33. The zero-order valence-corrected chi connectivity index (χ0v) is 15.5. The Morgan fingerprint density at radius 1 is 1.48 bits per heavy atom. The average molecular weight is 410 g/mol. The smallest absolute Gasteiger partial charge is 0.243 e. The maximum atomic E-state index is 11.6. The molecule has 1 unspecified atom stereocenters. The van der Waals surface area contributed by atoms with Gasteiger partial charge in [-0.1, -0.05) is 6.08 Å². The summed E-state index contributed by atoms with van der Waals surface area (Å²) in [6.07, 6.45) is 3.87. The zero-order chi connectivity index (χ0) is 15.0. The predicted octanol–water partition coefficient (Wildman–Crippen LogP) is 0.983. The lowest BCUT2D eigenvalue weighted by atomic mass is 10.0. The Morgan fingerprint density at radius 2 is 2.19 bits per heavy atom. The quantitative estimate of drug-likeness (QED) is 0.297. The highest BCUT2D eigenvalue weighted by Gasteiger charge is 2.29. The molecule has 1 heterocycles. The van der Waals surface area contributed by atoms with Crippen molar-refractivity contribution >= 4 is 35.8 Å². The van der Waals surface area contributed by atoms with Gasteiger partial charge in [-0.15, -0.1) is 30.6 Å². The second kappa shape index (κ2) is 9.99. The van der Waals surface area contributed by atoms with Gasteiger partial charge in [-0.25, -0.2) is 4.99 Å². The van der Waals surface area contributed by atoms with Gasteiger partial charge in [-0.2, -0.15) is 0 Å². The van der Waals surface area contributed by atoms with Crippen LogP contribution in [0.2, 0.25) is 0 Å². The van der Waals surface area contributed by atoms with Crippen LogP contribution >= 0.6 is 24.0 Å². The lowest BCUT2D eigenvalue weighted by molar-refractivity contribution is -0.127. The molecule has 21 heavy (non-hydrogen) atoms. The highest BCUT2D eigenvalue weighted by atomic mass is 127. The molecule has 122 valence electrons. The summed E-state index contributed by atoms with van der Waals surface area (Å²) in [5.74, 6) is 0.574. The summed E-state index contributed by atoms with van der Waals surface area (Å²) >= 11 is 0. The van der Waals surface area contributed by atoms with Gasteiger partial charge in [0.2, 0.25) is 5.91 Å². The summed E-state index contributed by atoms with van der Waals surface area (Å²) in [6.45, 7) is 7.95. The van der Waals surface area contributed by atoms with Crippen molar-refractivity contribution in [2.75, 3.05) is 40.3 Å². The molecule has 0 aromatic rings.